The molecule has 0 radical (unpaired) electrons. The minimum atomic E-state index is -3.62. The molecular formula is C18H24ClN3O3S2. The van der Waals surface area contributed by atoms with E-state index in [0.717, 1.165) is 24.9 Å². The molecule has 0 bridgehead atoms. The van der Waals surface area contributed by atoms with Gasteiger partial charge in [-0.1, -0.05) is 6.07 Å². The van der Waals surface area contributed by atoms with Gasteiger partial charge >= 0.3 is 0 Å². The molecule has 148 valence electrons. The zero-order valence-electron chi connectivity index (χ0n) is 15.1. The minimum Gasteiger partial charge on any atom is -0.352 e. The topological polar surface area (TPSA) is 78.5 Å². The van der Waals surface area contributed by atoms with Gasteiger partial charge in [-0.05, 0) is 61.6 Å². The molecule has 0 saturated heterocycles. The average Bonchev–Trinajstić information content (AvgIpc) is 3.13. The summed E-state index contributed by atoms with van der Waals surface area (Å²) in [6.07, 6.45) is 1.55. The number of hydrogen-bond acceptors (Lipinski definition) is 5. The maximum absolute atomic E-state index is 13.0. The second-order valence-corrected chi connectivity index (χ2v) is 9.14. The molecule has 2 aromatic rings. The molecule has 0 atom stereocenters. The third-order valence-corrected chi connectivity index (χ3v) is 7.26. The van der Waals surface area contributed by atoms with Crippen LogP contribution in [0.1, 0.15) is 27.2 Å². The van der Waals surface area contributed by atoms with Crippen molar-refractivity contribution in [2.75, 3.05) is 26.7 Å². The molecule has 1 aromatic heterocycles. The fourth-order valence-corrected chi connectivity index (χ4v) is 5.30. The van der Waals surface area contributed by atoms with E-state index in [1.54, 1.807) is 29.5 Å². The summed E-state index contributed by atoms with van der Waals surface area (Å²) >= 11 is 1.67. The summed E-state index contributed by atoms with van der Waals surface area (Å²) < 4.78 is 27.5. The van der Waals surface area contributed by atoms with Crippen molar-refractivity contribution < 1.29 is 13.2 Å². The first-order valence-corrected chi connectivity index (χ1v) is 10.9. The van der Waals surface area contributed by atoms with E-state index in [-0.39, 0.29) is 23.2 Å². The zero-order chi connectivity index (χ0) is 18.6. The van der Waals surface area contributed by atoms with E-state index >= 15 is 0 Å². The van der Waals surface area contributed by atoms with E-state index in [4.69, 9.17) is 0 Å². The number of halogens is 1. The average molecular weight is 430 g/mol. The second kappa shape index (κ2) is 9.66. The van der Waals surface area contributed by atoms with Crippen molar-refractivity contribution in [2.45, 2.75) is 24.3 Å². The maximum atomic E-state index is 13.0. The molecule has 0 aliphatic carbocycles. The van der Waals surface area contributed by atoms with Gasteiger partial charge in [-0.3, -0.25) is 4.79 Å². The van der Waals surface area contributed by atoms with Crippen LogP contribution in [0.5, 0.6) is 0 Å². The number of benzene rings is 1. The van der Waals surface area contributed by atoms with Gasteiger partial charge in [0.25, 0.3) is 5.91 Å². The highest BCUT2D eigenvalue weighted by atomic mass is 35.5. The number of rotatable bonds is 7. The number of fused-ring (bicyclic) bond motifs is 1. The van der Waals surface area contributed by atoms with Crippen molar-refractivity contribution in [3.05, 3.63) is 51.7 Å². The third kappa shape index (κ3) is 5.08. The number of nitrogens with zero attached hydrogens (tertiary/aromatic N) is 1. The van der Waals surface area contributed by atoms with Crippen LogP contribution < -0.4 is 10.6 Å². The van der Waals surface area contributed by atoms with Crippen LogP contribution in [0.2, 0.25) is 0 Å². The van der Waals surface area contributed by atoms with Crippen LogP contribution in [0.15, 0.2) is 40.6 Å². The van der Waals surface area contributed by atoms with Crippen molar-refractivity contribution in [1.82, 2.24) is 14.9 Å². The highest BCUT2D eigenvalue weighted by molar-refractivity contribution is 7.89. The molecule has 1 aromatic carbocycles. The normalized spacial score (nSPS) is 14.3. The molecule has 2 N–H and O–H groups in total. The SMILES string of the molecule is CNCCCNC(=O)c1cccc(S(=O)(=O)N2CCc3sccc3C2)c1.Cl. The first-order valence-electron chi connectivity index (χ1n) is 8.60. The predicted molar refractivity (Wildman–Crippen MR) is 110 cm³/mol. The summed E-state index contributed by atoms with van der Waals surface area (Å²) in [5.74, 6) is -0.253. The Balaban J connectivity index is 0.00000261. The standard InChI is InChI=1S/C18H23N3O3S2.ClH/c1-19-8-3-9-20-18(22)14-4-2-5-16(12-14)26(23,24)21-10-6-17-15(13-21)7-11-25-17;/h2,4-5,7,11-12,19H,3,6,8-10,13H2,1H3,(H,20,22);1H. The van der Waals surface area contributed by atoms with Gasteiger partial charge in [0.1, 0.15) is 0 Å². The Bertz CT molecular complexity index is 883. The van der Waals surface area contributed by atoms with Crippen LogP contribution in [0, 0.1) is 0 Å². The van der Waals surface area contributed by atoms with Crippen LogP contribution in [-0.2, 0) is 23.0 Å². The van der Waals surface area contributed by atoms with Crippen LogP contribution in [0.4, 0.5) is 0 Å². The van der Waals surface area contributed by atoms with E-state index in [2.05, 4.69) is 10.6 Å². The van der Waals surface area contributed by atoms with Crippen molar-refractivity contribution in [3.8, 4) is 0 Å². The predicted octanol–water partition coefficient (Wildman–Crippen LogP) is 2.26. The smallest absolute Gasteiger partial charge is 0.251 e. The van der Waals surface area contributed by atoms with Crippen LogP contribution in [0.25, 0.3) is 0 Å². The number of sulfonamides is 1. The van der Waals surface area contributed by atoms with E-state index in [1.165, 1.54) is 15.2 Å². The molecule has 0 unspecified atom stereocenters. The highest BCUT2D eigenvalue weighted by Crippen LogP contribution is 2.28. The fraction of sp³-hybridized carbons (Fsp3) is 0.389. The maximum Gasteiger partial charge on any atom is 0.251 e. The molecule has 0 spiro atoms. The van der Waals surface area contributed by atoms with Gasteiger partial charge in [-0.2, -0.15) is 4.31 Å². The second-order valence-electron chi connectivity index (χ2n) is 6.20. The summed E-state index contributed by atoms with van der Waals surface area (Å²) in [4.78, 5) is 13.7. The highest BCUT2D eigenvalue weighted by Gasteiger charge is 2.29. The summed E-state index contributed by atoms with van der Waals surface area (Å²) in [7, 11) is -1.76. The third-order valence-electron chi connectivity index (χ3n) is 4.40. The van der Waals surface area contributed by atoms with Crippen molar-refractivity contribution >= 4 is 39.7 Å². The molecule has 1 amide bonds. The lowest BCUT2D eigenvalue weighted by Gasteiger charge is -2.26. The van der Waals surface area contributed by atoms with Gasteiger partial charge < -0.3 is 10.6 Å². The lowest BCUT2D eigenvalue weighted by molar-refractivity contribution is 0.0953. The monoisotopic (exact) mass is 429 g/mol. The molecule has 2 heterocycles. The van der Waals surface area contributed by atoms with Crippen LogP contribution >= 0.6 is 23.7 Å². The number of carbonyl (C=O) groups is 1. The Morgan fingerprint density at radius 2 is 2.07 bits per heavy atom. The number of amides is 1. The van der Waals surface area contributed by atoms with Gasteiger partial charge in [0.2, 0.25) is 10.0 Å². The Hall–Kier alpha value is -1.45. The lowest BCUT2D eigenvalue weighted by Crippen LogP contribution is -2.35. The Morgan fingerprint density at radius 1 is 1.26 bits per heavy atom. The first kappa shape index (κ1) is 21.8. The van der Waals surface area contributed by atoms with E-state index in [1.807, 2.05) is 18.5 Å². The lowest BCUT2D eigenvalue weighted by atomic mass is 10.1. The van der Waals surface area contributed by atoms with Gasteiger partial charge in [-0.15, -0.1) is 23.7 Å². The summed E-state index contributed by atoms with van der Waals surface area (Å²) in [6.45, 7) is 2.22. The number of nitrogens with one attached hydrogen (secondary N) is 2. The fourth-order valence-electron chi connectivity index (χ4n) is 2.94. The van der Waals surface area contributed by atoms with Gasteiger partial charge in [0, 0.05) is 30.1 Å². The van der Waals surface area contributed by atoms with Crippen molar-refractivity contribution in [1.29, 1.82) is 0 Å². The minimum absolute atomic E-state index is 0. The Morgan fingerprint density at radius 3 is 2.85 bits per heavy atom. The summed E-state index contributed by atoms with van der Waals surface area (Å²) in [5, 5.41) is 7.83. The first-order chi connectivity index (χ1) is 12.5. The van der Waals surface area contributed by atoms with E-state index in [9.17, 15) is 13.2 Å². The molecule has 1 aliphatic rings. The molecule has 6 nitrogen and oxygen atoms in total. The molecule has 1 aliphatic heterocycles. The number of thiophene rings is 1. The van der Waals surface area contributed by atoms with Gasteiger partial charge in [0.15, 0.2) is 0 Å². The summed E-state index contributed by atoms with van der Waals surface area (Å²) in [5.41, 5.74) is 1.44. The van der Waals surface area contributed by atoms with Gasteiger partial charge in [-0.25, -0.2) is 8.42 Å². The molecule has 27 heavy (non-hydrogen) atoms. The molecule has 3 rings (SSSR count). The molecule has 0 fully saturated rings. The number of hydrogen-bond donors (Lipinski definition) is 2. The van der Waals surface area contributed by atoms with Crippen molar-refractivity contribution in [3.63, 3.8) is 0 Å². The Kier molecular flexibility index (Phi) is 7.81. The zero-order valence-corrected chi connectivity index (χ0v) is 17.6. The van der Waals surface area contributed by atoms with Crippen molar-refractivity contribution in [2.24, 2.45) is 0 Å². The van der Waals surface area contributed by atoms with Gasteiger partial charge in [0.05, 0.1) is 4.90 Å². The van der Waals surface area contributed by atoms with Crippen LogP contribution in [-0.4, -0.2) is 45.3 Å². The molecule has 0 saturated carbocycles. The largest absolute Gasteiger partial charge is 0.352 e. The Labute approximate surface area is 170 Å². The van der Waals surface area contributed by atoms with E-state index < -0.39 is 10.0 Å². The number of carbonyl (C=O) groups excluding carboxylic acids is 1. The molecular weight excluding hydrogens is 406 g/mol. The quantitative estimate of drug-likeness (QED) is 0.662. The van der Waals surface area contributed by atoms with Crippen LogP contribution in [0.3, 0.4) is 0 Å². The summed E-state index contributed by atoms with van der Waals surface area (Å²) in [6, 6.07) is 8.26. The van der Waals surface area contributed by atoms with E-state index in [0.29, 0.717) is 25.2 Å². The molecule has 9 heteroatoms.